The topological polar surface area (TPSA) is 27.3 Å². The normalized spacial score (nSPS) is 12.0. The van der Waals surface area contributed by atoms with Gasteiger partial charge in [0.2, 0.25) is 0 Å². The Morgan fingerprint density at radius 2 is 1.74 bits per heavy atom. The van der Waals surface area contributed by atoms with Crippen molar-refractivity contribution in [3.8, 4) is 0 Å². The molecule has 0 aliphatic rings. The molecule has 0 bridgehead atoms. The van der Waals surface area contributed by atoms with Gasteiger partial charge in [-0.1, -0.05) is 41.4 Å². The Bertz CT molecular complexity index is 659. The Hall–Kier alpha value is -1.33. The van der Waals surface area contributed by atoms with Crippen molar-refractivity contribution in [2.24, 2.45) is 0 Å². The lowest BCUT2D eigenvalue weighted by Crippen LogP contribution is -2.36. The number of nitrogens with zero attached hydrogens (tertiary/aromatic N) is 1. The molecule has 3 nitrogen and oxygen atoms in total. The lowest BCUT2D eigenvalue weighted by Gasteiger charge is -2.26. The van der Waals surface area contributed by atoms with Gasteiger partial charge < -0.3 is 15.5 Å². The van der Waals surface area contributed by atoms with E-state index in [1.165, 1.54) is 0 Å². The summed E-state index contributed by atoms with van der Waals surface area (Å²) >= 11 is 17.5. The first kappa shape index (κ1) is 18.0. The van der Waals surface area contributed by atoms with Crippen molar-refractivity contribution in [1.29, 1.82) is 0 Å². The second kappa shape index (κ2) is 8.50. The molecule has 0 saturated carbocycles. The van der Waals surface area contributed by atoms with Crippen LogP contribution in [0.1, 0.15) is 11.6 Å². The van der Waals surface area contributed by atoms with E-state index in [1.807, 2.05) is 62.6 Å². The molecule has 0 radical (unpaired) electrons. The SMILES string of the molecule is CN(C)[C@H](CNC(=S)Nc1ccc(Cl)cc1)c1ccccc1Cl. The van der Waals surface area contributed by atoms with Crippen molar-refractivity contribution >= 4 is 46.2 Å². The van der Waals surface area contributed by atoms with E-state index in [4.69, 9.17) is 35.4 Å². The smallest absolute Gasteiger partial charge is 0.170 e. The Morgan fingerprint density at radius 3 is 2.35 bits per heavy atom. The van der Waals surface area contributed by atoms with E-state index in [1.54, 1.807) is 0 Å². The molecular weight excluding hydrogens is 349 g/mol. The van der Waals surface area contributed by atoms with Crippen LogP contribution in [0.3, 0.4) is 0 Å². The van der Waals surface area contributed by atoms with Crippen LogP contribution in [0.4, 0.5) is 5.69 Å². The highest BCUT2D eigenvalue weighted by atomic mass is 35.5. The van der Waals surface area contributed by atoms with Crippen molar-refractivity contribution in [3.05, 3.63) is 64.1 Å². The zero-order chi connectivity index (χ0) is 16.8. The van der Waals surface area contributed by atoms with Crippen LogP contribution in [0.2, 0.25) is 10.0 Å². The number of hydrogen-bond donors (Lipinski definition) is 2. The minimum atomic E-state index is 0.119. The summed E-state index contributed by atoms with van der Waals surface area (Å²) in [6, 6.07) is 15.4. The van der Waals surface area contributed by atoms with Gasteiger partial charge in [-0.05, 0) is 62.2 Å². The van der Waals surface area contributed by atoms with Crippen LogP contribution in [0.5, 0.6) is 0 Å². The largest absolute Gasteiger partial charge is 0.361 e. The summed E-state index contributed by atoms with van der Waals surface area (Å²) in [5.74, 6) is 0. The van der Waals surface area contributed by atoms with Gasteiger partial charge in [-0.2, -0.15) is 0 Å². The highest BCUT2D eigenvalue weighted by Crippen LogP contribution is 2.25. The molecule has 2 N–H and O–H groups in total. The number of thiocarbonyl (C=S) groups is 1. The third kappa shape index (κ3) is 5.36. The van der Waals surface area contributed by atoms with Crippen molar-refractivity contribution < 1.29 is 0 Å². The predicted octanol–water partition coefficient (Wildman–Crippen LogP) is 4.58. The van der Waals surface area contributed by atoms with Gasteiger partial charge in [-0.3, -0.25) is 0 Å². The third-order valence-corrected chi connectivity index (χ3v) is 4.29. The standard InChI is InChI=1S/C17H19Cl2N3S/c1-22(2)16(14-5-3-4-6-15(14)19)11-20-17(23)21-13-9-7-12(18)8-10-13/h3-10,16H,11H2,1-2H3,(H2,20,21,23)/t16-/m1/s1. The quantitative estimate of drug-likeness (QED) is 0.756. The second-order valence-corrected chi connectivity index (χ2v) is 6.59. The average molecular weight is 368 g/mol. The fourth-order valence-electron chi connectivity index (χ4n) is 2.21. The molecule has 2 aromatic carbocycles. The van der Waals surface area contributed by atoms with E-state index in [9.17, 15) is 0 Å². The van der Waals surface area contributed by atoms with Gasteiger partial charge in [-0.25, -0.2) is 0 Å². The van der Waals surface area contributed by atoms with Gasteiger partial charge in [0.1, 0.15) is 0 Å². The number of halogens is 2. The molecule has 2 rings (SSSR count). The van der Waals surface area contributed by atoms with Crippen molar-refractivity contribution in [2.45, 2.75) is 6.04 Å². The highest BCUT2D eigenvalue weighted by molar-refractivity contribution is 7.80. The summed E-state index contributed by atoms with van der Waals surface area (Å²) in [4.78, 5) is 2.11. The van der Waals surface area contributed by atoms with E-state index < -0.39 is 0 Å². The van der Waals surface area contributed by atoms with Gasteiger partial charge in [0.15, 0.2) is 5.11 Å². The number of benzene rings is 2. The lowest BCUT2D eigenvalue weighted by atomic mass is 10.1. The molecule has 2 aromatic rings. The molecule has 0 fully saturated rings. The summed E-state index contributed by atoms with van der Waals surface area (Å²) < 4.78 is 0. The maximum atomic E-state index is 6.31. The Kier molecular flexibility index (Phi) is 6.66. The van der Waals surface area contributed by atoms with Crippen LogP contribution in [0.15, 0.2) is 48.5 Å². The number of hydrogen-bond acceptors (Lipinski definition) is 2. The first-order valence-corrected chi connectivity index (χ1v) is 8.35. The molecule has 0 spiro atoms. The number of rotatable bonds is 5. The maximum Gasteiger partial charge on any atom is 0.170 e. The maximum absolute atomic E-state index is 6.31. The third-order valence-electron chi connectivity index (χ3n) is 3.45. The minimum absolute atomic E-state index is 0.119. The Morgan fingerprint density at radius 1 is 1.09 bits per heavy atom. The summed E-state index contributed by atoms with van der Waals surface area (Å²) in [5.41, 5.74) is 1.96. The molecule has 0 amide bonds. The van der Waals surface area contributed by atoms with Crippen molar-refractivity contribution in [1.82, 2.24) is 10.2 Å². The molecule has 0 unspecified atom stereocenters. The predicted molar refractivity (Wildman–Crippen MR) is 104 cm³/mol. The Balaban J connectivity index is 1.97. The molecule has 122 valence electrons. The van der Waals surface area contributed by atoms with Crippen LogP contribution in [-0.2, 0) is 0 Å². The van der Waals surface area contributed by atoms with E-state index in [-0.39, 0.29) is 6.04 Å². The molecule has 0 saturated heterocycles. The van der Waals surface area contributed by atoms with Crippen molar-refractivity contribution in [2.75, 3.05) is 26.0 Å². The molecule has 1 atom stereocenters. The number of likely N-dealkylation sites (N-methyl/N-ethyl adjacent to an activating group) is 1. The summed E-state index contributed by atoms with van der Waals surface area (Å²) in [6.45, 7) is 0.649. The van der Waals surface area contributed by atoms with Crippen molar-refractivity contribution in [3.63, 3.8) is 0 Å². The Labute approximate surface area is 152 Å². The van der Waals surface area contributed by atoms with Crippen LogP contribution < -0.4 is 10.6 Å². The molecule has 0 aliphatic carbocycles. The van der Waals surface area contributed by atoms with Gasteiger partial charge in [0.05, 0.1) is 6.04 Å². The van der Waals surface area contributed by atoms with Crippen LogP contribution in [-0.4, -0.2) is 30.7 Å². The van der Waals surface area contributed by atoms with Gasteiger partial charge in [0.25, 0.3) is 0 Å². The molecule has 0 heterocycles. The fourth-order valence-corrected chi connectivity index (χ4v) is 2.80. The molecular formula is C17H19Cl2N3S. The van der Waals surface area contributed by atoms with E-state index >= 15 is 0 Å². The van der Waals surface area contributed by atoms with Crippen LogP contribution >= 0.6 is 35.4 Å². The van der Waals surface area contributed by atoms with E-state index in [0.717, 1.165) is 16.3 Å². The van der Waals surface area contributed by atoms with Crippen LogP contribution in [0.25, 0.3) is 0 Å². The zero-order valence-corrected chi connectivity index (χ0v) is 15.3. The number of nitrogens with one attached hydrogen (secondary N) is 2. The van der Waals surface area contributed by atoms with E-state index in [0.29, 0.717) is 16.7 Å². The summed E-state index contributed by atoms with van der Waals surface area (Å²) in [6.07, 6.45) is 0. The first-order valence-electron chi connectivity index (χ1n) is 7.18. The minimum Gasteiger partial charge on any atom is -0.361 e. The molecule has 0 aliphatic heterocycles. The van der Waals surface area contributed by atoms with E-state index in [2.05, 4.69) is 15.5 Å². The molecule has 0 aromatic heterocycles. The van der Waals surface area contributed by atoms with Crippen LogP contribution in [0, 0.1) is 0 Å². The van der Waals surface area contributed by atoms with Gasteiger partial charge in [0, 0.05) is 22.3 Å². The zero-order valence-electron chi connectivity index (χ0n) is 13.0. The monoisotopic (exact) mass is 367 g/mol. The fraction of sp³-hybridized carbons (Fsp3) is 0.235. The second-order valence-electron chi connectivity index (χ2n) is 5.34. The summed E-state index contributed by atoms with van der Waals surface area (Å²) in [5, 5.41) is 8.39. The highest BCUT2D eigenvalue weighted by Gasteiger charge is 2.17. The molecule has 6 heteroatoms. The summed E-state index contributed by atoms with van der Waals surface area (Å²) in [7, 11) is 4.04. The average Bonchev–Trinajstić information content (AvgIpc) is 2.51. The number of anilines is 1. The van der Waals surface area contributed by atoms with Gasteiger partial charge in [-0.15, -0.1) is 0 Å². The first-order chi connectivity index (χ1) is 11.0. The lowest BCUT2D eigenvalue weighted by molar-refractivity contribution is 0.299. The van der Waals surface area contributed by atoms with Gasteiger partial charge >= 0.3 is 0 Å². The molecule has 23 heavy (non-hydrogen) atoms.